The standard InChI is InChI=1S/C18H20N2O5S/c1-11(2)16(19-17(21)15-8-5-9-26-15)18(22)25-12(3)13-6-4-7-14(10-13)20(23)24/h4-12,16H,1-3H3,(H,19,21)/t12-,16+/m0/s1. The van der Waals surface area contributed by atoms with Crippen LogP contribution < -0.4 is 5.32 Å². The van der Waals surface area contributed by atoms with Gasteiger partial charge in [-0.05, 0) is 29.9 Å². The van der Waals surface area contributed by atoms with Crippen LogP contribution in [0.15, 0.2) is 41.8 Å². The molecule has 0 saturated carbocycles. The number of ether oxygens (including phenoxy) is 1. The Bertz CT molecular complexity index is 789. The number of non-ortho nitro benzene ring substituents is 1. The maximum absolute atomic E-state index is 12.5. The average molecular weight is 376 g/mol. The number of nitrogens with zero attached hydrogens (tertiary/aromatic N) is 1. The summed E-state index contributed by atoms with van der Waals surface area (Å²) in [5, 5.41) is 15.4. The van der Waals surface area contributed by atoms with Gasteiger partial charge in [-0.2, -0.15) is 0 Å². The largest absolute Gasteiger partial charge is 0.456 e. The molecule has 1 amide bonds. The Labute approximate surface area is 155 Å². The van der Waals surface area contributed by atoms with E-state index in [4.69, 9.17) is 4.74 Å². The van der Waals surface area contributed by atoms with Crippen LogP contribution in [-0.2, 0) is 9.53 Å². The molecule has 1 aromatic carbocycles. The molecular formula is C18H20N2O5S. The minimum absolute atomic E-state index is 0.0724. The van der Waals surface area contributed by atoms with Crippen LogP contribution in [-0.4, -0.2) is 22.8 Å². The first-order valence-electron chi connectivity index (χ1n) is 8.08. The lowest BCUT2D eigenvalue weighted by molar-refractivity contribution is -0.385. The van der Waals surface area contributed by atoms with E-state index in [2.05, 4.69) is 5.32 Å². The highest BCUT2D eigenvalue weighted by Crippen LogP contribution is 2.23. The number of nitro benzene ring substituents is 1. The molecule has 0 bridgehead atoms. The Morgan fingerprint density at radius 2 is 1.92 bits per heavy atom. The van der Waals surface area contributed by atoms with E-state index < -0.39 is 23.0 Å². The van der Waals surface area contributed by atoms with Crippen LogP contribution in [0, 0.1) is 16.0 Å². The van der Waals surface area contributed by atoms with Crippen LogP contribution >= 0.6 is 11.3 Å². The second-order valence-electron chi connectivity index (χ2n) is 6.10. The van der Waals surface area contributed by atoms with E-state index in [0.29, 0.717) is 10.4 Å². The molecule has 2 atom stereocenters. The number of amides is 1. The van der Waals surface area contributed by atoms with Crippen molar-refractivity contribution in [3.8, 4) is 0 Å². The molecule has 0 aliphatic rings. The summed E-state index contributed by atoms with van der Waals surface area (Å²) in [7, 11) is 0. The van der Waals surface area contributed by atoms with Crippen molar-refractivity contribution >= 4 is 28.9 Å². The average Bonchev–Trinajstić information content (AvgIpc) is 3.13. The molecule has 1 heterocycles. The molecule has 138 valence electrons. The van der Waals surface area contributed by atoms with E-state index in [-0.39, 0.29) is 17.5 Å². The molecule has 1 aromatic heterocycles. The second-order valence-corrected chi connectivity index (χ2v) is 7.05. The number of carbonyl (C=O) groups excluding carboxylic acids is 2. The zero-order chi connectivity index (χ0) is 19.3. The van der Waals surface area contributed by atoms with Crippen molar-refractivity contribution in [3.63, 3.8) is 0 Å². The Morgan fingerprint density at radius 1 is 1.19 bits per heavy atom. The zero-order valence-corrected chi connectivity index (χ0v) is 15.5. The van der Waals surface area contributed by atoms with E-state index in [9.17, 15) is 19.7 Å². The molecule has 0 unspecified atom stereocenters. The van der Waals surface area contributed by atoms with Gasteiger partial charge in [-0.3, -0.25) is 14.9 Å². The number of esters is 1. The zero-order valence-electron chi connectivity index (χ0n) is 14.7. The van der Waals surface area contributed by atoms with E-state index in [1.165, 1.54) is 29.5 Å². The summed E-state index contributed by atoms with van der Waals surface area (Å²) in [4.78, 5) is 35.6. The predicted molar refractivity (Wildman–Crippen MR) is 98.0 cm³/mol. The summed E-state index contributed by atoms with van der Waals surface area (Å²) >= 11 is 1.28. The smallest absolute Gasteiger partial charge is 0.329 e. The highest BCUT2D eigenvalue weighted by Gasteiger charge is 2.28. The molecule has 0 saturated heterocycles. The third kappa shape index (κ3) is 4.89. The van der Waals surface area contributed by atoms with Crippen LogP contribution in [0.1, 0.15) is 42.1 Å². The van der Waals surface area contributed by atoms with Crippen molar-refractivity contribution in [3.05, 3.63) is 62.3 Å². The summed E-state index contributed by atoms with van der Waals surface area (Å²) in [6, 6.07) is 8.55. The molecule has 1 N–H and O–H groups in total. The maximum atomic E-state index is 12.5. The molecule has 8 heteroatoms. The maximum Gasteiger partial charge on any atom is 0.329 e. The van der Waals surface area contributed by atoms with Gasteiger partial charge in [0.2, 0.25) is 0 Å². The predicted octanol–water partition coefficient (Wildman–Crippen LogP) is 3.72. The van der Waals surface area contributed by atoms with E-state index in [0.717, 1.165) is 0 Å². The molecule has 0 fully saturated rings. The lowest BCUT2D eigenvalue weighted by Gasteiger charge is -2.23. The van der Waals surface area contributed by atoms with Crippen LogP contribution in [0.5, 0.6) is 0 Å². The van der Waals surface area contributed by atoms with Crippen molar-refractivity contribution in [2.75, 3.05) is 0 Å². The van der Waals surface area contributed by atoms with Gasteiger partial charge in [-0.25, -0.2) is 4.79 Å². The van der Waals surface area contributed by atoms with Gasteiger partial charge in [0, 0.05) is 12.1 Å². The molecule has 26 heavy (non-hydrogen) atoms. The van der Waals surface area contributed by atoms with Gasteiger partial charge in [0.15, 0.2) is 0 Å². The lowest BCUT2D eigenvalue weighted by atomic mass is 10.0. The SMILES string of the molecule is CC(C)[C@@H](NC(=O)c1cccs1)C(=O)O[C@@H](C)c1cccc([N+](=O)[O-])c1. The Kier molecular flexibility index (Phi) is 6.46. The fraction of sp³-hybridized carbons (Fsp3) is 0.333. The molecular weight excluding hydrogens is 356 g/mol. The van der Waals surface area contributed by atoms with Crippen molar-refractivity contribution < 1.29 is 19.2 Å². The fourth-order valence-electron chi connectivity index (χ4n) is 2.32. The number of hydrogen-bond donors (Lipinski definition) is 1. The normalized spacial score (nSPS) is 13.1. The van der Waals surface area contributed by atoms with Gasteiger partial charge >= 0.3 is 5.97 Å². The summed E-state index contributed by atoms with van der Waals surface area (Å²) in [6.07, 6.45) is -0.678. The molecule has 2 aromatic rings. The molecule has 0 radical (unpaired) electrons. The Balaban J connectivity index is 2.08. The number of thiophene rings is 1. The third-order valence-corrected chi connectivity index (χ3v) is 4.66. The van der Waals surface area contributed by atoms with E-state index >= 15 is 0 Å². The van der Waals surface area contributed by atoms with Gasteiger partial charge in [-0.1, -0.05) is 32.0 Å². The monoisotopic (exact) mass is 376 g/mol. The molecule has 2 rings (SSSR count). The highest BCUT2D eigenvalue weighted by atomic mass is 32.1. The summed E-state index contributed by atoms with van der Waals surface area (Å²) in [6.45, 7) is 5.24. The van der Waals surface area contributed by atoms with Gasteiger partial charge in [0.25, 0.3) is 11.6 Å². The first-order chi connectivity index (χ1) is 12.3. The van der Waals surface area contributed by atoms with Gasteiger partial charge in [0.05, 0.1) is 9.80 Å². The second kappa shape index (κ2) is 8.57. The minimum atomic E-state index is -0.814. The number of rotatable bonds is 7. The number of nitro groups is 1. The number of nitrogens with one attached hydrogen (secondary N) is 1. The van der Waals surface area contributed by atoms with Crippen LogP contribution in [0.2, 0.25) is 0 Å². The van der Waals surface area contributed by atoms with Crippen LogP contribution in [0.3, 0.4) is 0 Å². The molecule has 0 spiro atoms. The topological polar surface area (TPSA) is 98.5 Å². The van der Waals surface area contributed by atoms with Crippen molar-refractivity contribution in [1.29, 1.82) is 0 Å². The first-order valence-corrected chi connectivity index (χ1v) is 8.96. The van der Waals surface area contributed by atoms with E-state index in [1.54, 1.807) is 44.4 Å². The van der Waals surface area contributed by atoms with Crippen LogP contribution in [0.4, 0.5) is 5.69 Å². The fourth-order valence-corrected chi connectivity index (χ4v) is 2.95. The summed E-state index contributed by atoms with van der Waals surface area (Å²) in [5.41, 5.74) is 0.441. The number of hydrogen-bond acceptors (Lipinski definition) is 6. The molecule has 0 aliphatic carbocycles. The van der Waals surface area contributed by atoms with Crippen LogP contribution in [0.25, 0.3) is 0 Å². The molecule has 7 nitrogen and oxygen atoms in total. The minimum Gasteiger partial charge on any atom is -0.456 e. The number of benzene rings is 1. The van der Waals surface area contributed by atoms with Gasteiger partial charge in [0.1, 0.15) is 12.1 Å². The number of carbonyl (C=O) groups is 2. The Morgan fingerprint density at radius 3 is 2.50 bits per heavy atom. The summed E-state index contributed by atoms with van der Waals surface area (Å²) in [5.74, 6) is -1.09. The Hall–Kier alpha value is -2.74. The third-order valence-electron chi connectivity index (χ3n) is 3.80. The van der Waals surface area contributed by atoms with E-state index in [1.807, 2.05) is 0 Å². The van der Waals surface area contributed by atoms with Crippen molar-refractivity contribution in [1.82, 2.24) is 5.32 Å². The van der Waals surface area contributed by atoms with Gasteiger partial charge < -0.3 is 10.1 Å². The highest BCUT2D eigenvalue weighted by molar-refractivity contribution is 7.12. The van der Waals surface area contributed by atoms with Crippen molar-refractivity contribution in [2.45, 2.75) is 32.9 Å². The van der Waals surface area contributed by atoms with Gasteiger partial charge in [-0.15, -0.1) is 11.3 Å². The summed E-state index contributed by atoms with van der Waals surface area (Å²) < 4.78 is 5.44. The quantitative estimate of drug-likeness (QED) is 0.451. The van der Waals surface area contributed by atoms with Crippen molar-refractivity contribution in [2.24, 2.45) is 5.92 Å². The first kappa shape index (κ1) is 19.6. The molecule has 0 aliphatic heterocycles. The lowest BCUT2D eigenvalue weighted by Crippen LogP contribution is -2.45.